The van der Waals surface area contributed by atoms with Crippen LogP contribution in [-0.4, -0.2) is 23.2 Å². The average Bonchev–Trinajstić information content (AvgIpc) is 2.21. The van der Waals surface area contributed by atoms with Gasteiger partial charge in [0.2, 0.25) is 0 Å². The number of nitrogens with one attached hydrogen (secondary N) is 1. The molecule has 0 heterocycles. The van der Waals surface area contributed by atoms with Crippen LogP contribution >= 0.6 is 34.2 Å². The highest BCUT2D eigenvalue weighted by molar-refractivity contribution is 14.1. The topological polar surface area (TPSA) is 49.3 Å². The Morgan fingerprint density at radius 3 is 2.69 bits per heavy atom. The molecule has 5 heteroatoms. The first kappa shape index (κ1) is 13.7. The molecule has 3 nitrogen and oxygen atoms in total. The van der Waals surface area contributed by atoms with Crippen molar-refractivity contribution in [2.45, 2.75) is 19.4 Å². The van der Waals surface area contributed by atoms with E-state index in [1.807, 2.05) is 0 Å². The van der Waals surface area contributed by atoms with Gasteiger partial charge in [-0.3, -0.25) is 4.79 Å². The molecule has 0 saturated heterocycles. The van der Waals surface area contributed by atoms with Crippen LogP contribution in [0.5, 0.6) is 0 Å². The lowest BCUT2D eigenvalue weighted by molar-refractivity contribution is 0.0869. The lowest BCUT2D eigenvalue weighted by Gasteiger charge is -2.23. The Morgan fingerprint density at radius 2 is 2.19 bits per heavy atom. The predicted molar refractivity (Wildman–Crippen MR) is 72.8 cm³/mol. The number of carbonyl (C=O) groups is 1. The molecular formula is C11H13ClINO2. The van der Waals surface area contributed by atoms with Crippen molar-refractivity contribution in [1.82, 2.24) is 5.32 Å². The Hall–Kier alpha value is -0.330. The van der Waals surface area contributed by atoms with Crippen LogP contribution in [0.3, 0.4) is 0 Å². The largest absolute Gasteiger partial charge is 0.394 e. The molecule has 1 amide bonds. The summed E-state index contributed by atoms with van der Waals surface area (Å²) in [5.74, 6) is -0.239. The molecule has 0 bridgehead atoms. The minimum Gasteiger partial charge on any atom is -0.394 e. The second kappa shape index (κ2) is 5.33. The van der Waals surface area contributed by atoms with Crippen LogP contribution in [0.15, 0.2) is 18.2 Å². The molecule has 0 unspecified atom stereocenters. The summed E-state index contributed by atoms with van der Waals surface area (Å²) in [6.07, 6.45) is 0. The van der Waals surface area contributed by atoms with E-state index >= 15 is 0 Å². The zero-order valence-electron chi connectivity index (χ0n) is 9.05. The number of hydrogen-bond donors (Lipinski definition) is 2. The Bertz CT molecular complexity index is 407. The lowest BCUT2D eigenvalue weighted by atomic mass is 10.1. The summed E-state index contributed by atoms with van der Waals surface area (Å²) in [5, 5.41) is 12.3. The molecule has 16 heavy (non-hydrogen) atoms. The highest BCUT2D eigenvalue weighted by atomic mass is 127. The van der Waals surface area contributed by atoms with Crippen molar-refractivity contribution in [2.24, 2.45) is 0 Å². The van der Waals surface area contributed by atoms with Gasteiger partial charge in [-0.1, -0.05) is 11.6 Å². The second-order valence-electron chi connectivity index (χ2n) is 4.13. The molecule has 0 aromatic heterocycles. The molecule has 0 aliphatic carbocycles. The van der Waals surface area contributed by atoms with Gasteiger partial charge in [0.25, 0.3) is 5.91 Å². The van der Waals surface area contributed by atoms with E-state index in [1.165, 1.54) is 0 Å². The molecule has 1 rings (SSSR count). The van der Waals surface area contributed by atoms with Gasteiger partial charge in [-0.15, -0.1) is 0 Å². The Kier molecular flexibility index (Phi) is 4.58. The SMILES string of the molecule is CC(C)(CO)NC(=O)c1ccc(I)c(Cl)c1. The summed E-state index contributed by atoms with van der Waals surface area (Å²) < 4.78 is 0.900. The third-order valence-electron chi connectivity index (χ3n) is 2.03. The Morgan fingerprint density at radius 1 is 1.56 bits per heavy atom. The third kappa shape index (κ3) is 3.61. The predicted octanol–water partition coefficient (Wildman–Crippen LogP) is 2.45. The number of benzene rings is 1. The summed E-state index contributed by atoms with van der Waals surface area (Å²) in [4.78, 5) is 11.8. The van der Waals surface area contributed by atoms with Crippen molar-refractivity contribution in [2.75, 3.05) is 6.61 Å². The number of rotatable bonds is 3. The number of aliphatic hydroxyl groups is 1. The first-order chi connectivity index (χ1) is 7.35. The fraction of sp³-hybridized carbons (Fsp3) is 0.364. The lowest BCUT2D eigenvalue weighted by Crippen LogP contribution is -2.46. The minimum absolute atomic E-state index is 0.114. The number of halogens is 2. The molecule has 0 spiro atoms. The number of hydrogen-bond acceptors (Lipinski definition) is 2. The maximum absolute atomic E-state index is 11.8. The normalized spacial score (nSPS) is 11.3. The molecule has 0 aliphatic rings. The zero-order valence-corrected chi connectivity index (χ0v) is 12.0. The van der Waals surface area contributed by atoms with Crippen LogP contribution in [-0.2, 0) is 0 Å². The van der Waals surface area contributed by atoms with E-state index < -0.39 is 5.54 Å². The summed E-state index contributed by atoms with van der Waals surface area (Å²) >= 11 is 8.02. The quantitative estimate of drug-likeness (QED) is 0.820. The van der Waals surface area contributed by atoms with Crippen molar-refractivity contribution in [3.8, 4) is 0 Å². The Balaban J connectivity index is 2.85. The van der Waals surface area contributed by atoms with Gasteiger partial charge in [0, 0.05) is 9.13 Å². The summed E-state index contributed by atoms with van der Waals surface area (Å²) in [5.41, 5.74) is -0.140. The van der Waals surface area contributed by atoms with Crippen molar-refractivity contribution in [1.29, 1.82) is 0 Å². The van der Waals surface area contributed by atoms with Gasteiger partial charge in [-0.25, -0.2) is 0 Å². The maximum Gasteiger partial charge on any atom is 0.251 e. The van der Waals surface area contributed by atoms with Gasteiger partial charge in [-0.05, 0) is 54.6 Å². The summed E-state index contributed by atoms with van der Waals surface area (Å²) in [7, 11) is 0. The minimum atomic E-state index is -0.632. The monoisotopic (exact) mass is 353 g/mol. The van der Waals surface area contributed by atoms with Crippen molar-refractivity contribution >= 4 is 40.1 Å². The highest BCUT2D eigenvalue weighted by Gasteiger charge is 2.20. The highest BCUT2D eigenvalue weighted by Crippen LogP contribution is 2.19. The van der Waals surface area contributed by atoms with Crippen LogP contribution in [0.2, 0.25) is 5.02 Å². The Labute approximate surface area is 113 Å². The van der Waals surface area contributed by atoms with E-state index in [0.29, 0.717) is 10.6 Å². The first-order valence-corrected chi connectivity index (χ1v) is 6.20. The molecule has 0 aliphatic heterocycles. The zero-order chi connectivity index (χ0) is 12.3. The van der Waals surface area contributed by atoms with E-state index in [-0.39, 0.29) is 12.5 Å². The summed E-state index contributed by atoms with van der Waals surface area (Å²) in [6.45, 7) is 3.38. The van der Waals surface area contributed by atoms with Crippen molar-refractivity contribution in [3.05, 3.63) is 32.4 Å². The standard InChI is InChI=1S/C11H13ClINO2/c1-11(2,6-15)14-10(16)7-3-4-9(13)8(12)5-7/h3-5,15H,6H2,1-2H3,(H,14,16). The fourth-order valence-electron chi connectivity index (χ4n) is 1.06. The van der Waals surface area contributed by atoms with Crippen LogP contribution in [0, 0.1) is 3.57 Å². The molecule has 88 valence electrons. The van der Waals surface area contributed by atoms with E-state index in [2.05, 4.69) is 27.9 Å². The van der Waals surface area contributed by atoms with Gasteiger partial charge in [-0.2, -0.15) is 0 Å². The molecular weight excluding hydrogens is 340 g/mol. The molecule has 2 N–H and O–H groups in total. The molecule has 0 saturated carbocycles. The summed E-state index contributed by atoms with van der Waals surface area (Å²) in [6, 6.07) is 5.10. The molecule has 0 fully saturated rings. The number of aliphatic hydroxyl groups excluding tert-OH is 1. The molecule has 1 aromatic rings. The fourth-order valence-corrected chi connectivity index (χ4v) is 1.57. The van der Waals surface area contributed by atoms with Gasteiger partial charge >= 0.3 is 0 Å². The van der Waals surface area contributed by atoms with Crippen molar-refractivity contribution in [3.63, 3.8) is 0 Å². The van der Waals surface area contributed by atoms with Gasteiger partial charge < -0.3 is 10.4 Å². The van der Waals surface area contributed by atoms with Crippen molar-refractivity contribution < 1.29 is 9.90 Å². The number of amides is 1. The second-order valence-corrected chi connectivity index (χ2v) is 5.69. The van der Waals surface area contributed by atoms with Crippen LogP contribution in [0.1, 0.15) is 24.2 Å². The first-order valence-electron chi connectivity index (χ1n) is 4.74. The molecule has 1 aromatic carbocycles. The van der Waals surface area contributed by atoms with Crippen LogP contribution in [0.4, 0.5) is 0 Å². The smallest absolute Gasteiger partial charge is 0.251 e. The van der Waals surface area contributed by atoms with Crippen LogP contribution < -0.4 is 5.32 Å². The third-order valence-corrected chi connectivity index (χ3v) is 3.60. The van der Waals surface area contributed by atoms with E-state index in [0.717, 1.165) is 3.57 Å². The maximum atomic E-state index is 11.8. The van der Waals surface area contributed by atoms with E-state index in [1.54, 1.807) is 32.0 Å². The van der Waals surface area contributed by atoms with Gasteiger partial charge in [0.1, 0.15) is 0 Å². The number of carbonyl (C=O) groups excluding carboxylic acids is 1. The van der Waals surface area contributed by atoms with Gasteiger partial charge in [0.05, 0.1) is 17.2 Å². The van der Waals surface area contributed by atoms with Gasteiger partial charge in [0.15, 0.2) is 0 Å². The average molecular weight is 354 g/mol. The molecule has 0 radical (unpaired) electrons. The van der Waals surface area contributed by atoms with Crippen LogP contribution in [0.25, 0.3) is 0 Å². The molecule has 0 atom stereocenters. The van der Waals surface area contributed by atoms with E-state index in [4.69, 9.17) is 16.7 Å². The van der Waals surface area contributed by atoms with E-state index in [9.17, 15) is 4.79 Å².